The van der Waals surface area contributed by atoms with Crippen LogP contribution in [-0.4, -0.2) is 40.5 Å². The lowest BCUT2D eigenvalue weighted by Gasteiger charge is -2.26. The molecule has 0 fully saturated rings. The summed E-state index contributed by atoms with van der Waals surface area (Å²) in [5, 5.41) is 9.90. The fourth-order valence-corrected chi connectivity index (χ4v) is 4.36. The second-order valence-electron chi connectivity index (χ2n) is 7.37. The Kier molecular flexibility index (Phi) is 4.96. The van der Waals surface area contributed by atoms with Gasteiger partial charge in [0, 0.05) is 29.0 Å². The maximum absolute atomic E-state index is 9.90. The molecule has 0 aliphatic carbocycles. The number of hydrogen-bond acceptors (Lipinski definition) is 3. The van der Waals surface area contributed by atoms with E-state index >= 15 is 0 Å². The van der Waals surface area contributed by atoms with Crippen LogP contribution in [0.15, 0.2) is 60.0 Å². The number of fused-ring (bicyclic) bond motifs is 2. The summed E-state index contributed by atoms with van der Waals surface area (Å²) in [6, 6.07) is 9.77. The van der Waals surface area contributed by atoms with Crippen molar-refractivity contribution >= 4 is 24.9 Å². The first-order valence-corrected chi connectivity index (χ1v) is 9.94. The monoisotopic (exact) mass is 375 g/mol. The predicted molar refractivity (Wildman–Crippen MR) is 116 cm³/mol. The van der Waals surface area contributed by atoms with Gasteiger partial charge in [0.25, 0.3) is 0 Å². The summed E-state index contributed by atoms with van der Waals surface area (Å²) in [4.78, 5) is 0. The van der Waals surface area contributed by atoms with Crippen LogP contribution in [0.5, 0.6) is 11.5 Å². The number of phenols is 1. The van der Waals surface area contributed by atoms with Gasteiger partial charge in [0.05, 0.1) is 6.61 Å². The number of phenolic OH excluding ortho intramolecular Hbond substituents is 1. The molecule has 0 bridgehead atoms. The minimum Gasteiger partial charge on any atom is -0.504 e. The molecule has 0 saturated carbocycles. The van der Waals surface area contributed by atoms with Gasteiger partial charge in [0.15, 0.2) is 22.9 Å². The molecule has 4 rings (SSSR count). The van der Waals surface area contributed by atoms with E-state index < -0.39 is 7.55 Å². The molecule has 28 heavy (non-hydrogen) atoms. The zero-order chi connectivity index (χ0) is 19.7. The van der Waals surface area contributed by atoms with E-state index in [-0.39, 0.29) is 5.75 Å². The van der Waals surface area contributed by atoms with E-state index in [1.54, 1.807) is 6.07 Å². The van der Waals surface area contributed by atoms with E-state index in [9.17, 15) is 5.11 Å². The van der Waals surface area contributed by atoms with Crippen molar-refractivity contribution in [2.45, 2.75) is 20.3 Å². The van der Waals surface area contributed by atoms with Crippen molar-refractivity contribution in [1.82, 2.24) is 4.48 Å². The van der Waals surface area contributed by atoms with Crippen molar-refractivity contribution < 1.29 is 14.3 Å². The minimum absolute atomic E-state index is 0.169. The van der Waals surface area contributed by atoms with Crippen LogP contribution in [-0.2, 0) is 0 Å². The first kappa shape index (κ1) is 18.4. The molecule has 3 N–H and O–H groups in total. The standard InChI is InChI=1S/C22H26BN3O2/c1-3-28-21-14-16(7-9-20(21)27)6-8-17-13-15(2)22-18(10-11-24)19-5-4-12-25(19)23-26(17)22/h4-9,12-14,27H,3,10-11,23-24H2,1-2H3/b8-6+. The molecule has 1 aromatic carbocycles. The number of aromatic hydroxyl groups is 1. The van der Waals surface area contributed by atoms with Crippen LogP contribution >= 0.6 is 0 Å². The summed E-state index contributed by atoms with van der Waals surface area (Å²) in [5.74, 6) is 0.685. The first-order chi connectivity index (χ1) is 13.6. The Hall–Kier alpha value is -2.99. The van der Waals surface area contributed by atoms with Crippen molar-refractivity contribution in [3.05, 3.63) is 71.2 Å². The number of nitrogens with two attached hydrogens (primary N) is 1. The summed E-state index contributed by atoms with van der Waals surface area (Å²) < 4.78 is 10.4. The Bertz CT molecular complexity index is 1040. The van der Waals surface area contributed by atoms with Crippen LogP contribution in [0.2, 0.25) is 0 Å². The Labute approximate surface area is 166 Å². The fourth-order valence-electron chi connectivity index (χ4n) is 4.36. The highest BCUT2D eigenvalue weighted by Gasteiger charge is 2.30. The second kappa shape index (κ2) is 7.56. The molecule has 2 aliphatic rings. The number of nitrogens with zero attached hydrogens (tertiary/aromatic N) is 2. The van der Waals surface area contributed by atoms with Crippen molar-refractivity contribution in [2.75, 3.05) is 13.2 Å². The maximum atomic E-state index is 9.90. The smallest absolute Gasteiger partial charge is 0.353 e. The summed E-state index contributed by atoms with van der Waals surface area (Å²) in [6.45, 7) is 5.26. The summed E-state index contributed by atoms with van der Waals surface area (Å²) in [5.41, 5.74) is 13.4. The van der Waals surface area contributed by atoms with E-state index in [2.05, 4.69) is 52.4 Å². The molecular weight excluding hydrogens is 349 g/mol. The normalized spacial score (nSPS) is 15.9. The van der Waals surface area contributed by atoms with Crippen LogP contribution in [0, 0.1) is 0 Å². The third-order valence-electron chi connectivity index (χ3n) is 5.54. The molecule has 3 heterocycles. The number of ether oxygens (including phenoxy) is 1. The lowest BCUT2D eigenvalue weighted by atomic mass is 9.93. The summed E-state index contributed by atoms with van der Waals surface area (Å²) in [6.07, 6.45) is 9.52. The molecule has 144 valence electrons. The minimum atomic E-state index is -0.530. The number of hydrogen-bond donors (Lipinski definition) is 2. The van der Waals surface area contributed by atoms with E-state index in [1.807, 2.05) is 19.1 Å². The predicted octanol–water partition coefficient (Wildman–Crippen LogP) is 2.64. The molecular formula is C22H26BN3O2. The van der Waals surface area contributed by atoms with Gasteiger partial charge in [-0.3, -0.25) is 0 Å². The molecule has 2 aromatic rings. The van der Waals surface area contributed by atoms with Crippen LogP contribution in [0.1, 0.15) is 31.5 Å². The third kappa shape index (κ3) is 3.20. The molecule has 5 nitrogen and oxygen atoms in total. The second-order valence-corrected chi connectivity index (χ2v) is 7.37. The lowest BCUT2D eigenvalue weighted by Crippen LogP contribution is -2.31. The largest absolute Gasteiger partial charge is 0.504 e. The number of rotatable bonds is 6. The number of aromatic nitrogens is 1. The van der Waals surface area contributed by atoms with Crippen LogP contribution in [0.4, 0.5) is 0 Å². The van der Waals surface area contributed by atoms with E-state index in [0.29, 0.717) is 18.9 Å². The van der Waals surface area contributed by atoms with Crippen molar-refractivity contribution in [1.29, 1.82) is 0 Å². The molecule has 1 aromatic heterocycles. The van der Waals surface area contributed by atoms with Crippen molar-refractivity contribution in [3.8, 4) is 11.5 Å². The molecule has 2 aliphatic heterocycles. The van der Waals surface area contributed by atoms with Gasteiger partial charge in [0.2, 0.25) is 0 Å². The highest BCUT2D eigenvalue weighted by Crippen LogP contribution is 2.34. The third-order valence-corrected chi connectivity index (χ3v) is 5.54. The van der Waals surface area contributed by atoms with Crippen LogP contribution in [0.25, 0.3) is 11.6 Å². The van der Waals surface area contributed by atoms with Gasteiger partial charge in [-0.1, -0.05) is 6.07 Å². The van der Waals surface area contributed by atoms with Gasteiger partial charge in [-0.25, -0.2) is 0 Å². The molecule has 0 spiro atoms. The number of benzene rings is 1. The quantitative estimate of drug-likeness (QED) is 0.763. The van der Waals surface area contributed by atoms with E-state index in [0.717, 1.165) is 12.0 Å². The molecule has 0 atom stereocenters. The molecule has 0 radical (unpaired) electrons. The molecule has 0 saturated heterocycles. The van der Waals surface area contributed by atoms with Crippen LogP contribution in [0.3, 0.4) is 0 Å². The zero-order valence-electron chi connectivity index (χ0n) is 16.6. The zero-order valence-corrected chi connectivity index (χ0v) is 16.6. The van der Waals surface area contributed by atoms with E-state index in [4.69, 9.17) is 10.5 Å². The maximum Gasteiger partial charge on any atom is 0.353 e. The van der Waals surface area contributed by atoms with Crippen LogP contribution < -0.4 is 10.5 Å². The Morgan fingerprint density at radius 3 is 2.93 bits per heavy atom. The Morgan fingerprint density at radius 1 is 1.29 bits per heavy atom. The molecule has 0 unspecified atom stereocenters. The summed E-state index contributed by atoms with van der Waals surface area (Å²) in [7, 11) is -0.530. The van der Waals surface area contributed by atoms with Gasteiger partial charge < -0.3 is 24.5 Å². The average molecular weight is 375 g/mol. The van der Waals surface area contributed by atoms with Gasteiger partial charge in [-0.05, 0) is 68.9 Å². The first-order valence-electron chi connectivity index (χ1n) is 9.94. The van der Waals surface area contributed by atoms with Crippen molar-refractivity contribution in [2.24, 2.45) is 5.73 Å². The average Bonchev–Trinajstić information content (AvgIpc) is 3.27. The highest BCUT2D eigenvalue weighted by molar-refractivity contribution is 6.29. The Morgan fingerprint density at radius 2 is 2.14 bits per heavy atom. The fraction of sp³-hybridized carbons (Fsp3) is 0.227. The van der Waals surface area contributed by atoms with Gasteiger partial charge >= 0.3 is 7.55 Å². The van der Waals surface area contributed by atoms with Crippen molar-refractivity contribution in [3.63, 3.8) is 0 Å². The lowest BCUT2D eigenvalue weighted by molar-refractivity contribution is -0.314. The molecule has 0 amide bonds. The molecule has 6 heteroatoms. The SMILES string of the molecule is CCOc1cc(/C=C/C2=[N+]3[BH2-]n4cccc4C(CCN)=C3C(C)=C2)ccc1O. The number of allylic oxidation sites excluding steroid dienone is 3. The highest BCUT2D eigenvalue weighted by atomic mass is 16.5. The summed E-state index contributed by atoms with van der Waals surface area (Å²) >= 11 is 0. The topological polar surface area (TPSA) is 63.4 Å². The van der Waals surface area contributed by atoms with Gasteiger partial charge in [-0.15, -0.1) is 0 Å². The van der Waals surface area contributed by atoms with Gasteiger partial charge in [0.1, 0.15) is 0 Å². The Balaban J connectivity index is 1.72. The van der Waals surface area contributed by atoms with E-state index in [1.165, 1.54) is 28.2 Å². The van der Waals surface area contributed by atoms with Gasteiger partial charge in [-0.2, -0.15) is 0 Å².